The number of para-hydroxylation sites is 2. The van der Waals surface area contributed by atoms with Crippen LogP contribution >= 0.6 is 15.9 Å². The molecule has 0 radical (unpaired) electrons. The molecule has 1 aliphatic rings. The topological polar surface area (TPSA) is 72.8 Å². The van der Waals surface area contributed by atoms with Gasteiger partial charge in [0.05, 0.1) is 32.1 Å². The molecule has 0 amide bonds. The molecule has 0 saturated heterocycles. The van der Waals surface area contributed by atoms with Crippen LogP contribution in [0.15, 0.2) is 70.1 Å². The van der Waals surface area contributed by atoms with Crippen molar-refractivity contribution in [2.45, 2.75) is 13.5 Å². The number of hydrogen-bond donors (Lipinski definition) is 1. The van der Waals surface area contributed by atoms with Crippen molar-refractivity contribution in [2.75, 3.05) is 52.7 Å². The number of benzene rings is 3. The van der Waals surface area contributed by atoms with Crippen molar-refractivity contribution >= 4 is 27.8 Å². The number of nitrogens with zero attached hydrogens (tertiary/aromatic N) is 2. The second-order valence-corrected chi connectivity index (χ2v) is 9.66. The van der Waals surface area contributed by atoms with Crippen LogP contribution in [0.1, 0.15) is 16.7 Å². The van der Waals surface area contributed by atoms with E-state index < -0.39 is 0 Å². The summed E-state index contributed by atoms with van der Waals surface area (Å²) in [6.45, 7) is 6.86. The lowest BCUT2D eigenvalue weighted by Crippen LogP contribution is -2.31. The second kappa shape index (κ2) is 14.1. The Bertz CT molecular complexity index is 1130. The Kier molecular flexibility index (Phi) is 10.4. The molecular formula is C29H33BrN2O5. The van der Waals surface area contributed by atoms with Crippen molar-refractivity contribution in [2.24, 2.45) is 4.99 Å². The molecule has 37 heavy (non-hydrogen) atoms. The predicted molar refractivity (Wildman–Crippen MR) is 149 cm³/mol. The summed E-state index contributed by atoms with van der Waals surface area (Å²) in [5.74, 6) is 1.63. The van der Waals surface area contributed by atoms with E-state index in [1.54, 1.807) is 6.21 Å². The molecule has 4 rings (SSSR count). The predicted octanol–water partition coefficient (Wildman–Crippen LogP) is 5.52. The third kappa shape index (κ3) is 8.57. The minimum Gasteiger partial charge on any atom is -0.507 e. The van der Waals surface area contributed by atoms with Crippen molar-refractivity contribution in [1.29, 1.82) is 0 Å². The molecule has 0 atom stereocenters. The molecular weight excluding hydrogens is 536 g/mol. The maximum atomic E-state index is 11.0. The number of fused-ring (bicyclic) bond motifs is 1. The Morgan fingerprint density at radius 2 is 1.49 bits per heavy atom. The number of hydrogen-bond acceptors (Lipinski definition) is 7. The molecule has 1 aliphatic heterocycles. The number of aliphatic imine (C=N–C) groups is 1. The highest BCUT2D eigenvalue weighted by Gasteiger charge is 2.14. The molecule has 0 spiro atoms. The van der Waals surface area contributed by atoms with Crippen LogP contribution in [0.5, 0.6) is 17.2 Å². The van der Waals surface area contributed by atoms with E-state index in [0.717, 1.165) is 15.7 Å². The average molecular weight is 569 g/mol. The van der Waals surface area contributed by atoms with Gasteiger partial charge in [0, 0.05) is 41.4 Å². The Hall–Kier alpha value is -2.91. The Balaban J connectivity index is 1.40. The van der Waals surface area contributed by atoms with Crippen LogP contribution in [0.25, 0.3) is 0 Å². The van der Waals surface area contributed by atoms with Gasteiger partial charge in [-0.3, -0.25) is 9.89 Å². The van der Waals surface area contributed by atoms with Gasteiger partial charge in [0.15, 0.2) is 11.5 Å². The van der Waals surface area contributed by atoms with E-state index in [9.17, 15) is 5.11 Å². The van der Waals surface area contributed by atoms with Crippen molar-refractivity contribution in [3.05, 3.63) is 81.8 Å². The van der Waals surface area contributed by atoms with E-state index in [1.807, 2.05) is 67.6 Å². The summed E-state index contributed by atoms with van der Waals surface area (Å²) in [7, 11) is 0. The van der Waals surface area contributed by atoms with E-state index in [1.165, 1.54) is 5.56 Å². The highest BCUT2D eigenvalue weighted by molar-refractivity contribution is 9.10. The first-order valence-corrected chi connectivity index (χ1v) is 13.2. The van der Waals surface area contributed by atoms with Gasteiger partial charge < -0.3 is 24.1 Å². The van der Waals surface area contributed by atoms with Crippen molar-refractivity contribution < 1.29 is 24.1 Å². The molecule has 3 aromatic rings. The zero-order valence-corrected chi connectivity index (χ0v) is 22.7. The molecule has 0 fully saturated rings. The van der Waals surface area contributed by atoms with Crippen LogP contribution in [0.3, 0.4) is 0 Å². The Morgan fingerprint density at radius 1 is 0.865 bits per heavy atom. The highest BCUT2D eigenvalue weighted by atomic mass is 79.9. The molecule has 1 heterocycles. The number of aromatic hydroxyl groups is 1. The van der Waals surface area contributed by atoms with Crippen LogP contribution < -0.4 is 9.47 Å². The number of phenols is 1. The minimum absolute atomic E-state index is 0.219. The maximum absolute atomic E-state index is 11.0. The third-order valence-corrected chi connectivity index (χ3v) is 6.34. The molecule has 0 bridgehead atoms. The van der Waals surface area contributed by atoms with Crippen molar-refractivity contribution in [3.63, 3.8) is 0 Å². The first kappa shape index (κ1) is 27.1. The fourth-order valence-corrected chi connectivity index (χ4v) is 4.41. The van der Waals surface area contributed by atoms with E-state index >= 15 is 0 Å². The van der Waals surface area contributed by atoms with Gasteiger partial charge in [-0.2, -0.15) is 0 Å². The monoisotopic (exact) mass is 568 g/mol. The molecule has 196 valence electrons. The summed E-state index contributed by atoms with van der Waals surface area (Å²) >= 11 is 3.58. The lowest BCUT2D eigenvalue weighted by atomic mass is 10.1. The van der Waals surface area contributed by atoms with Gasteiger partial charge >= 0.3 is 0 Å². The smallest absolute Gasteiger partial charge is 0.161 e. The lowest BCUT2D eigenvalue weighted by molar-refractivity contribution is 0.0572. The standard InChI is InChI=1S/C29H33BrN2O5/c1-22-6-8-26(9-7-22)31-20-23-18-25(30)19-24(29(23)33)21-32-10-12-34-14-16-36-27-4-2-3-5-28(27)37-17-15-35-13-11-32/h2-9,18-20,33H,10-17,21H2,1H3. The second-order valence-electron chi connectivity index (χ2n) is 8.74. The first-order chi connectivity index (χ1) is 18.1. The SMILES string of the molecule is Cc1ccc(N=Cc2cc(Br)cc(CN3CCOCCOc4ccccc4OCCOCC3)c2O)cc1. The van der Waals surface area contributed by atoms with Crippen molar-refractivity contribution in [1.82, 2.24) is 4.90 Å². The minimum atomic E-state index is 0.219. The lowest BCUT2D eigenvalue weighted by Gasteiger charge is -2.23. The van der Waals surface area contributed by atoms with Gasteiger partial charge in [-0.05, 0) is 43.3 Å². The molecule has 3 aromatic carbocycles. The Labute approximate surface area is 226 Å². The molecule has 8 heteroatoms. The third-order valence-electron chi connectivity index (χ3n) is 5.89. The van der Waals surface area contributed by atoms with Gasteiger partial charge in [0.1, 0.15) is 19.0 Å². The molecule has 0 saturated carbocycles. The van der Waals surface area contributed by atoms with Gasteiger partial charge in [0.25, 0.3) is 0 Å². The number of ether oxygens (including phenoxy) is 4. The van der Waals surface area contributed by atoms with Gasteiger partial charge in [-0.15, -0.1) is 0 Å². The van der Waals surface area contributed by atoms with Crippen LogP contribution in [0.2, 0.25) is 0 Å². The quantitative estimate of drug-likeness (QED) is 0.418. The molecule has 0 unspecified atom stereocenters. The summed E-state index contributed by atoms with van der Waals surface area (Å²) in [6.07, 6.45) is 1.70. The maximum Gasteiger partial charge on any atom is 0.161 e. The van der Waals surface area contributed by atoms with Gasteiger partial charge in [0.2, 0.25) is 0 Å². The van der Waals surface area contributed by atoms with Gasteiger partial charge in [-0.25, -0.2) is 0 Å². The van der Waals surface area contributed by atoms with Crippen LogP contribution in [0.4, 0.5) is 5.69 Å². The van der Waals surface area contributed by atoms with E-state index in [-0.39, 0.29) is 5.75 Å². The fourth-order valence-electron chi connectivity index (χ4n) is 3.88. The number of rotatable bonds is 4. The number of aryl methyl sites for hydroxylation is 1. The van der Waals surface area contributed by atoms with Crippen LogP contribution in [-0.2, 0) is 16.0 Å². The number of halogens is 1. The summed E-state index contributed by atoms with van der Waals surface area (Å²) in [6, 6.07) is 19.4. The fraction of sp³-hybridized carbons (Fsp3) is 0.345. The van der Waals surface area contributed by atoms with E-state index in [4.69, 9.17) is 18.9 Å². The Morgan fingerprint density at radius 3 is 2.11 bits per heavy atom. The molecule has 0 aliphatic carbocycles. The molecule has 0 aromatic heterocycles. The van der Waals surface area contributed by atoms with Crippen molar-refractivity contribution in [3.8, 4) is 17.2 Å². The van der Waals surface area contributed by atoms with Gasteiger partial charge in [-0.1, -0.05) is 45.8 Å². The number of phenolic OH excluding ortho intramolecular Hbond substituents is 1. The summed E-state index contributed by atoms with van der Waals surface area (Å²) < 4.78 is 24.2. The van der Waals surface area contributed by atoms with Crippen LogP contribution in [-0.4, -0.2) is 69.0 Å². The largest absolute Gasteiger partial charge is 0.507 e. The first-order valence-electron chi connectivity index (χ1n) is 12.4. The average Bonchev–Trinajstić information content (AvgIpc) is 2.90. The van der Waals surface area contributed by atoms with E-state index in [2.05, 4.69) is 25.8 Å². The summed E-state index contributed by atoms with van der Waals surface area (Å²) in [5, 5.41) is 11.0. The summed E-state index contributed by atoms with van der Waals surface area (Å²) in [5.41, 5.74) is 3.48. The molecule has 7 nitrogen and oxygen atoms in total. The normalized spacial score (nSPS) is 16.3. The highest BCUT2D eigenvalue weighted by Crippen LogP contribution is 2.29. The summed E-state index contributed by atoms with van der Waals surface area (Å²) in [4.78, 5) is 6.74. The zero-order valence-electron chi connectivity index (χ0n) is 21.1. The molecule has 1 N–H and O–H groups in total. The van der Waals surface area contributed by atoms with E-state index in [0.29, 0.717) is 76.3 Å². The zero-order chi connectivity index (χ0) is 25.9. The van der Waals surface area contributed by atoms with Crippen LogP contribution in [0, 0.1) is 6.92 Å².